The van der Waals surface area contributed by atoms with Gasteiger partial charge in [-0.1, -0.05) is 6.58 Å². The number of carboxylic acid groups (broad SMARTS) is 1. The van der Waals surface area contributed by atoms with Crippen molar-refractivity contribution in [3.63, 3.8) is 0 Å². The Balaban J connectivity index is 0.000000252. The molecule has 2 N–H and O–H groups in total. The molecule has 13 heavy (non-hydrogen) atoms. The zero-order valence-corrected chi connectivity index (χ0v) is 7.29. The average Bonchev–Trinajstić information content (AvgIpc) is 2.57. The molecule has 0 bridgehead atoms. The Bertz CT molecular complexity index is 254. The number of hydrogen-bond donors (Lipinski definition) is 2. The molecule has 0 radical (unpaired) electrons. The molecule has 1 heterocycles. The lowest BCUT2D eigenvalue weighted by Gasteiger charge is -2.01. The highest BCUT2D eigenvalue weighted by Gasteiger charge is 1.92. The smallest absolute Gasteiger partial charge is 0.327 e. The summed E-state index contributed by atoms with van der Waals surface area (Å²) < 4.78 is 1.61. The third-order valence-corrected chi connectivity index (χ3v) is 1.13. The standard InChI is InChI=1S/C5H8N2O.C3H4O2/c1-5(8)7-3-2-6-4-7;1-2-3(4)5/h2-5,8H,1H3;2H,1H2,(H,4,5). The SMILES string of the molecule is C=CC(=O)O.CC(O)n1ccnc1. The van der Waals surface area contributed by atoms with Gasteiger partial charge in [0.15, 0.2) is 0 Å². The van der Waals surface area contributed by atoms with Crippen molar-refractivity contribution in [2.45, 2.75) is 13.2 Å². The number of carboxylic acids is 1. The molecular weight excluding hydrogens is 172 g/mol. The van der Waals surface area contributed by atoms with Crippen LogP contribution in [0.4, 0.5) is 0 Å². The topological polar surface area (TPSA) is 75.3 Å². The van der Waals surface area contributed by atoms with Crippen LogP contribution in [0, 0.1) is 0 Å². The van der Waals surface area contributed by atoms with E-state index in [1.807, 2.05) is 0 Å². The van der Waals surface area contributed by atoms with Crippen LogP contribution in [0.25, 0.3) is 0 Å². The quantitative estimate of drug-likeness (QED) is 0.662. The van der Waals surface area contributed by atoms with Gasteiger partial charge in [0, 0.05) is 18.5 Å². The van der Waals surface area contributed by atoms with Gasteiger partial charge < -0.3 is 14.8 Å². The van der Waals surface area contributed by atoms with E-state index in [1.165, 1.54) is 0 Å². The van der Waals surface area contributed by atoms with Gasteiger partial charge in [-0.15, -0.1) is 0 Å². The first-order valence-electron chi connectivity index (χ1n) is 3.58. The molecule has 0 aliphatic carbocycles. The number of imidazole rings is 1. The van der Waals surface area contributed by atoms with E-state index in [0.717, 1.165) is 6.08 Å². The van der Waals surface area contributed by atoms with Crippen LogP contribution in [0.15, 0.2) is 31.4 Å². The van der Waals surface area contributed by atoms with E-state index < -0.39 is 12.2 Å². The lowest BCUT2D eigenvalue weighted by molar-refractivity contribution is -0.131. The van der Waals surface area contributed by atoms with Gasteiger partial charge >= 0.3 is 5.97 Å². The third-order valence-electron chi connectivity index (χ3n) is 1.13. The van der Waals surface area contributed by atoms with E-state index in [1.54, 1.807) is 30.2 Å². The normalized spacial score (nSPS) is 10.9. The third kappa shape index (κ3) is 5.63. The minimum atomic E-state index is -0.981. The summed E-state index contributed by atoms with van der Waals surface area (Å²) in [4.78, 5) is 13.0. The summed E-state index contributed by atoms with van der Waals surface area (Å²) in [7, 11) is 0. The Morgan fingerprint density at radius 3 is 2.46 bits per heavy atom. The first-order valence-corrected chi connectivity index (χ1v) is 3.58. The molecule has 5 nitrogen and oxygen atoms in total. The largest absolute Gasteiger partial charge is 0.478 e. The summed E-state index contributed by atoms with van der Waals surface area (Å²) in [5, 5.41) is 16.4. The first-order chi connectivity index (χ1) is 6.07. The van der Waals surface area contributed by atoms with Crippen LogP contribution in [-0.4, -0.2) is 25.7 Å². The van der Waals surface area contributed by atoms with Crippen LogP contribution in [0.1, 0.15) is 13.2 Å². The van der Waals surface area contributed by atoms with Crippen LogP contribution in [0.5, 0.6) is 0 Å². The number of aromatic nitrogens is 2. The highest BCUT2D eigenvalue weighted by atomic mass is 16.4. The van der Waals surface area contributed by atoms with E-state index in [9.17, 15) is 4.79 Å². The second-order valence-electron chi connectivity index (χ2n) is 2.18. The molecule has 0 aromatic carbocycles. The molecule has 1 unspecified atom stereocenters. The maximum absolute atomic E-state index is 9.25. The lowest BCUT2D eigenvalue weighted by Crippen LogP contribution is -1.98. The number of aliphatic hydroxyl groups is 1. The van der Waals surface area contributed by atoms with Crippen molar-refractivity contribution in [1.82, 2.24) is 9.55 Å². The van der Waals surface area contributed by atoms with Crippen molar-refractivity contribution in [2.24, 2.45) is 0 Å². The van der Waals surface area contributed by atoms with Crippen molar-refractivity contribution in [2.75, 3.05) is 0 Å². The van der Waals surface area contributed by atoms with Crippen LogP contribution in [0.3, 0.4) is 0 Å². The zero-order valence-electron chi connectivity index (χ0n) is 7.29. The van der Waals surface area contributed by atoms with Gasteiger partial charge in [-0.05, 0) is 6.92 Å². The predicted molar refractivity (Wildman–Crippen MR) is 47.0 cm³/mol. The van der Waals surface area contributed by atoms with Gasteiger partial charge in [-0.3, -0.25) is 0 Å². The van der Waals surface area contributed by atoms with E-state index in [4.69, 9.17) is 10.2 Å². The first kappa shape index (κ1) is 11.4. The van der Waals surface area contributed by atoms with E-state index in [-0.39, 0.29) is 0 Å². The molecule has 0 saturated carbocycles. The molecule has 1 aromatic rings. The number of rotatable bonds is 2. The number of aliphatic hydroxyl groups excluding tert-OH is 1. The Morgan fingerprint density at radius 2 is 2.31 bits per heavy atom. The monoisotopic (exact) mass is 184 g/mol. The minimum Gasteiger partial charge on any atom is -0.478 e. The Hall–Kier alpha value is -1.62. The second-order valence-corrected chi connectivity index (χ2v) is 2.18. The average molecular weight is 184 g/mol. The molecule has 0 fully saturated rings. The van der Waals surface area contributed by atoms with Crippen molar-refractivity contribution >= 4 is 5.97 Å². The van der Waals surface area contributed by atoms with Gasteiger partial charge in [0.2, 0.25) is 0 Å². The molecule has 0 spiro atoms. The molecule has 1 aromatic heterocycles. The summed E-state index contributed by atoms with van der Waals surface area (Å²) >= 11 is 0. The fraction of sp³-hybridized carbons (Fsp3) is 0.250. The number of hydrogen-bond acceptors (Lipinski definition) is 3. The summed E-state index contributed by atoms with van der Waals surface area (Å²) in [5.74, 6) is -0.981. The molecule has 72 valence electrons. The highest BCUT2D eigenvalue weighted by Crippen LogP contribution is 1.96. The molecule has 1 rings (SSSR count). The van der Waals surface area contributed by atoms with Crippen molar-refractivity contribution in [1.29, 1.82) is 0 Å². The Labute approximate surface area is 76.0 Å². The van der Waals surface area contributed by atoms with Gasteiger partial charge in [0.05, 0.1) is 6.33 Å². The number of nitrogens with zero attached hydrogens (tertiary/aromatic N) is 2. The summed E-state index contributed by atoms with van der Waals surface area (Å²) in [6, 6.07) is 0. The molecule has 0 aliphatic rings. The van der Waals surface area contributed by atoms with E-state index in [0.29, 0.717) is 0 Å². The maximum Gasteiger partial charge on any atom is 0.327 e. The van der Waals surface area contributed by atoms with Crippen LogP contribution in [-0.2, 0) is 4.79 Å². The lowest BCUT2D eigenvalue weighted by atomic mass is 10.6. The summed E-state index contributed by atoms with van der Waals surface area (Å²) in [6.07, 6.45) is 5.29. The molecular formula is C8H12N2O3. The van der Waals surface area contributed by atoms with Crippen LogP contribution < -0.4 is 0 Å². The fourth-order valence-corrected chi connectivity index (χ4v) is 0.490. The highest BCUT2D eigenvalue weighted by molar-refractivity contribution is 5.78. The molecule has 0 amide bonds. The van der Waals surface area contributed by atoms with Gasteiger partial charge in [0.25, 0.3) is 0 Å². The van der Waals surface area contributed by atoms with Crippen molar-refractivity contribution in [3.05, 3.63) is 31.4 Å². The van der Waals surface area contributed by atoms with Gasteiger partial charge in [-0.25, -0.2) is 9.78 Å². The number of carbonyl (C=O) groups is 1. The van der Waals surface area contributed by atoms with Crippen LogP contribution in [0.2, 0.25) is 0 Å². The second kappa shape index (κ2) is 5.96. The fourth-order valence-electron chi connectivity index (χ4n) is 0.490. The van der Waals surface area contributed by atoms with Crippen molar-refractivity contribution in [3.8, 4) is 0 Å². The van der Waals surface area contributed by atoms with Gasteiger partial charge in [0.1, 0.15) is 6.23 Å². The molecule has 5 heteroatoms. The zero-order chi connectivity index (χ0) is 10.3. The molecule has 0 saturated heterocycles. The van der Waals surface area contributed by atoms with Crippen molar-refractivity contribution < 1.29 is 15.0 Å². The Kier molecular flexibility index (Phi) is 5.22. The summed E-state index contributed by atoms with van der Waals surface area (Å²) in [6.45, 7) is 4.64. The number of aliphatic carboxylic acids is 1. The molecule has 1 atom stereocenters. The van der Waals surface area contributed by atoms with E-state index >= 15 is 0 Å². The predicted octanol–water partition coefficient (Wildman–Crippen LogP) is 0.651. The molecule has 0 aliphatic heterocycles. The van der Waals surface area contributed by atoms with Crippen LogP contribution >= 0.6 is 0 Å². The summed E-state index contributed by atoms with van der Waals surface area (Å²) in [5.41, 5.74) is 0. The van der Waals surface area contributed by atoms with Gasteiger partial charge in [-0.2, -0.15) is 0 Å². The maximum atomic E-state index is 9.25. The minimum absolute atomic E-state index is 0.461. The van der Waals surface area contributed by atoms with E-state index in [2.05, 4.69) is 11.6 Å². The Morgan fingerprint density at radius 1 is 1.77 bits per heavy atom.